The van der Waals surface area contributed by atoms with Crippen LogP contribution in [0.3, 0.4) is 0 Å². The van der Waals surface area contributed by atoms with Gasteiger partial charge in [-0.15, -0.1) is 0 Å². The van der Waals surface area contributed by atoms with Crippen molar-refractivity contribution in [2.75, 3.05) is 0 Å². The highest BCUT2D eigenvalue weighted by Crippen LogP contribution is 1.93. The van der Waals surface area contributed by atoms with Crippen LogP contribution in [0.2, 0.25) is 0 Å². The molecule has 3 rings (SSSR count). The lowest BCUT2D eigenvalue weighted by Gasteiger charge is -2.16. The summed E-state index contributed by atoms with van der Waals surface area (Å²) in [5.41, 5.74) is 0. The van der Waals surface area contributed by atoms with Crippen LogP contribution in [0.25, 0.3) is 0 Å². The second-order valence-electron chi connectivity index (χ2n) is 5.06. The third-order valence-electron chi connectivity index (χ3n) is 3.69. The number of hydrogen-bond acceptors (Lipinski definition) is 0. The first kappa shape index (κ1) is 13.1. The van der Waals surface area contributed by atoms with E-state index in [1.54, 1.807) is 15.6 Å². The third kappa shape index (κ3) is 3.15. The van der Waals surface area contributed by atoms with Gasteiger partial charge in [-0.05, 0) is 0 Å². The van der Waals surface area contributed by atoms with Crippen molar-refractivity contribution in [3.8, 4) is 0 Å². The van der Waals surface area contributed by atoms with E-state index in [1.165, 1.54) is 0 Å². The number of hydrogen-bond donors (Lipinski definition) is 0. The summed E-state index contributed by atoms with van der Waals surface area (Å²) in [6, 6.07) is 33.3. The summed E-state index contributed by atoms with van der Waals surface area (Å²) in [6.07, 6.45) is 0. The lowest BCUT2D eigenvalue weighted by atomic mass is 10.4. The molecule has 0 N–H and O–H groups in total. The van der Waals surface area contributed by atoms with Crippen molar-refractivity contribution in [3.63, 3.8) is 0 Å². The van der Waals surface area contributed by atoms with Crippen LogP contribution >= 0.6 is 0 Å². The molecule has 0 aliphatic carbocycles. The van der Waals surface area contributed by atoms with E-state index in [0.717, 1.165) is 0 Å². The van der Waals surface area contributed by atoms with E-state index in [-0.39, 0.29) is 9.04 Å². The molecule has 3 aromatic rings. The highest BCUT2D eigenvalue weighted by atomic mass is 29.2. The Hall–Kier alpha value is -1.91. The number of rotatable bonds is 4. The normalized spacial score (nSPS) is 11.2. The molecular weight excluding hydrogens is 272 g/mol. The lowest BCUT2D eigenvalue weighted by Crippen LogP contribution is -2.51. The van der Waals surface area contributed by atoms with Gasteiger partial charge in [0.15, 0.2) is 0 Å². The van der Waals surface area contributed by atoms with Gasteiger partial charge in [-0.1, -0.05) is 107 Å². The van der Waals surface area contributed by atoms with Gasteiger partial charge in [0.05, 0.1) is 17.4 Å². The van der Waals surface area contributed by atoms with E-state index < -0.39 is 8.31 Å². The smallest absolute Gasteiger partial charge is 0.0690 e. The molecule has 0 amide bonds. The predicted octanol–water partition coefficient (Wildman–Crippen LogP) is 1.02. The second kappa shape index (κ2) is 6.50. The third-order valence-corrected chi connectivity index (χ3v) is 12.9. The minimum absolute atomic E-state index is 0.255. The van der Waals surface area contributed by atoms with Crippen molar-refractivity contribution in [1.82, 2.24) is 0 Å². The topological polar surface area (TPSA) is 0 Å². The monoisotopic (exact) mass is 290 g/mol. The fourth-order valence-electron chi connectivity index (χ4n) is 2.65. The van der Waals surface area contributed by atoms with Gasteiger partial charge in [0.25, 0.3) is 0 Å². The Kier molecular flexibility index (Phi) is 4.26. The van der Waals surface area contributed by atoms with Crippen LogP contribution in [0.15, 0.2) is 91.0 Å². The predicted molar refractivity (Wildman–Crippen MR) is 93.9 cm³/mol. The van der Waals surface area contributed by atoms with Gasteiger partial charge in [-0.25, -0.2) is 0 Å². The zero-order valence-corrected chi connectivity index (χ0v) is 14.0. The number of benzene rings is 3. The maximum absolute atomic E-state index is 2.32. The van der Waals surface area contributed by atoms with Crippen molar-refractivity contribution in [2.24, 2.45) is 0 Å². The summed E-state index contributed by atoms with van der Waals surface area (Å²) in [4.78, 5) is 0. The molecule has 0 radical (unpaired) electrons. The molecule has 0 aromatic heterocycles. The SMILES string of the molecule is c1ccc([SiH2][SiH](c2ccccc2)c2ccccc2)cc1. The van der Waals surface area contributed by atoms with Gasteiger partial charge in [-0.2, -0.15) is 0 Å². The molecule has 0 heterocycles. The van der Waals surface area contributed by atoms with E-state index in [4.69, 9.17) is 0 Å². The first-order valence-electron chi connectivity index (χ1n) is 7.07. The maximum Gasteiger partial charge on any atom is 0.0943 e. The second-order valence-corrected chi connectivity index (χ2v) is 12.4. The molecule has 0 nitrogen and oxygen atoms in total. The van der Waals surface area contributed by atoms with Crippen LogP contribution in [0.1, 0.15) is 0 Å². The maximum atomic E-state index is 2.32. The minimum atomic E-state index is -1.04. The first-order valence-corrected chi connectivity index (χ1v) is 12.2. The van der Waals surface area contributed by atoms with E-state index in [9.17, 15) is 0 Å². The van der Waals surface area contributed by atoms with Crippen LogP contribution in [-0.2, 0) is 0 Å². The van der Waals surface area contributed by atoms with Crippen molar-refractivity contribution in [2.45, 2.75) is 0 Å². The molecule has 0 aliphatic rings. The summed E-state index contributed by atoms with van der Waals surface area (Å²) in [5.74, 6) is 0. The molecule has 98 valence electrons. The molecule has 0 fully saturated rings. The van der Waals surface area contributed by atoms with Gasteiger partial charge >= 0.3 is 0 Å². The molecule has 0 spiro atoms. The van der Waals surface area contributed by atoms with E-state index >= 15 is 0 Å². The Morgan fingerprint density at radius 2 is 0.900 bits per heavy atom. The first-order chi connectivity index (χ1) is 9.93. The van der Waals surface area contributed by atoms with Crippen LogP contribution in [0.5, 0.6) is 0 Å². The van der Waals surface area contributed by atoms with Gasteiger partial charge in [-0.3, -0.25) is 0 Å². The van der Waals surface area contributed by atoms with E-state index in [2.05, 4.69) is 91.0 Å². The Balaban J connectivity index is 1.96. The van der Waals surface area contributed by atoms with Crippen LogP contribution in [0.4, 0.5) is 0 Å². The molecule has 0 bridgehead atoms. The molecule has 0 aliphatic heterocycles. The van der Waals surface area contributed by atoms with Crippen LogP contribution < -0.4 is 15.6 Å². The zero-order valence-electron chi connectivity index (χ0n) is 11.4. The molecule has 20 heavy (non-hydrogen) atoms. The largest absolute Gasteiger partial charge is 0.0943 e. The molecule has 0 saturated carbocycles. The van der Waals surface area contributed by atoms with Gasteiger partial charge in [0.2, 0.25) is 0 Å². The molecule has 3 aromatic carbocycles. The van der Waals surface area contributed by atoms with E-state index in [0.29, 0.717) is 0 Å². The average molecular weight is 291 g/mol. The van der Waals surface area contributed by atoms with Gasteiger partial charge in [0.1, 0.15) is 0 Å². The fourth-order valence-corrected chi connectivity index (χ4v) is 11.2. The Morgan fingerprint density at radius 3 is 1.35 bits per heavy atom. The van der Waals surface area contributed by atoms with Crippen LogP contribution in [0, 0.1) is 0 Å². The summed E-state index contributed by atoms with van der Waals surface area (Å²) < 4.78 is 0. The van der Waals surface area contributed by atoms with Gasteiger partial charge in [0, 0.05) is 0 Å². The fraction of sp³-hybridized carbons (Fsp3) is 0. The van der Waals surface area contributed by atoms with Crippen molar-refractivity contribution < 1.29 is 0 Å². The van der Waals surface area contributed by atoms with Crippen molar-refractivity contribution >= 4 is 32.9 Å². The van der Waals surface area contributed by atoms with Gasteiger partial charge < -0.3 is 0 Å². The Morgan fingerprint density at radius 1 is 0.500 bits per heavy atom. The summed E-state index contributed by atoms with van der Waals surface area (Å²) in [5, 5.41) is 4.74. The highest BCUT2D eigenvalue weighted by Gasteiger charge is 2.16. The molecule has 2 heteroatoms. The summed E-state index contributed by atoms with van der Waals surface area (Å²) >= 11 is 0. The van der Waals surface area contributed by atoms with E-state index in [1.807, 2.05) is 0 Å². The Labute approximate surface area is 124 Å². The highest BCUT2D eigenvalue weighted by molar-refractivity contribution is 7.29. The quantitative estimate of drug-likeness (QED) is 0.630. The summed E-state index contributed by atoms with van der Waals surface area (Å²) in [7, 11) is -1.29. The summed E-state index contributed by atoms with van der Waals surface area (Å²) in [6.45, 7) is 0. The van der Waals surface area contributed by atoms with Crippen LogP contribution in [-0.4, -0.2) is 17.4 Å². The standard InChI is InChI=1S/C18H18Si2/c1-4-10-16(11-5-1)19-20(17-12-6-2-7-13-17)18-14-8-3-9-15-18/h1-15,20H,19H2. The minimum Gasteiger partial charge on any atom is -0.0690 e. The average Bonchev–Trinajstić information content (AvgIpc) is 2.55. The molecule has 0 unspecified atom stereocenters. The van der Waals surface area contributed by atoms with Crippen molar-refractivity contribution in [1.29, 1.82) is 0 Å². The molecule has 0 saturated heterocycles. The molecular formula is C18H18Si2. The zero-order chi connectivity index (χ0) is 13.6. The Bertz CT molecular complexity index is 597. The molecule has 0 atom stereocenters. The van der Waals surface area contributed by atoms with Crippen molar-refractivity contribution in [3.05, 3.63) is 91.0 Å². The lowest BCUT2D eigenvalue weighted by molar-refractivity contribution is 1.74.